The highest BCUT2D eigenvalue weighted by Crippen LogP contribution is 2.21. The second kappa shape index (κ2) is 13.7. The largest absolute Gasteiger partial charge is 0.381 e. The van der Waals surface area contributed by atoms with Crippen molar-refractivity contribution in [2.75, 3.05) is 51.7 Å². The third-order valence-electron chi connectivity index (χ3n) is 5.27. The van der Waals surface area contributed by atoms with Crippen LogP contribution in [0.5, 0.6) is 0 Å². The Hall–Kier alpha value is -0.580. The van der Waals surface area contributed by atoms with Crippen LogP contribution in [0.15, 0.2) is 34.2 Å². The van der Waals surface area contributed by atoms with E-state index in [9.17, 15) is 4.39 Å². The Balaban J connectivity index is 0.00000300. The average molecular weight is 536 g/mol. The van der Waals surface area contributed by atoms with Crippen molar-refractivity contribution in [3.8, 4) is 0 Å². The van der Waals surface area contributed by atoms with Gasteiger partial charge in [-0.1, -0.05) is 12.1 Å². The smallest absolute Gasteiger partial charge is 0.191 e. The molecule has 29 heavy (non-hydrogen) atoms. The highest BCUT2D eigenvalue weighted by atomic mass is 127. The predicted molar refractivity (Wildman–Crippen MR) is 130 cm³/mol. The highest BCUT2D eigenvalue weighted by Gasteiger charge is 2.24. The first kappa shape index (κ1) is 24.7. The van der Waals surface area contributed by atoms with Crippen LogP contribution < -0.4 is 10.6 Å². The number of piperidine rings is 1. The third-order valence-corrected chi connectivity index (χ3v) is 6.30. The molecular formula is C21H34FIN4OS. The molecule has 1 atom stereocenters. The molecule has 2 aliphatic rings. The lowest BCUT2D eigenvalue weighted by atomic mass is 10.0. The van der Waals surface area contributed by atoms with E-state index in [-0.39, 0.29) is 29.8 Å². The van der Waals surface area contributed by atoms with Gasteiger partial charge in [0.1, 0.15) is 5.82 Å². The van der Waals surface area contributed by atoms with Crippen molar-refractivity contribution in [3.05, 3.63) is 30.1 Å². The van der Waals surface area contributed by atoms with Gasteiger partial charge in [-0.3, -0.25) is 4.99 Å². The summed E-state index contributed by atoms with van der Waals surface area (Å²) in [4.78, 5) is 7.94. The summed E-state index contributed by atoms with van der Waals surface area (Å²) in [7, 11) is 0. The number of halogens is 2. The minimum atomic E-state index is -0.155. The molecule has 0 aliphatic carbocycles. The van der Waals surface area contributed by atoms with Gasteiger partial charge in [0, 0.05) is 49.5 Å². The number of rotatable bonds is 8. The molecule has 3 rings (SSSR count). The number of hydrogen-bond donors (Lipinski definition) is 2. The zero-order chi connectivity index (χ0) is 19.6. The fraction of sp³-hybridized carbons (Fsp3) is 0.667. The number of benzene rings is 1. The second-order valence-corrected chi connectivity index (χ2v) is 8.63. The van der Waals surface area contributed by atoms with Crippen molar-refractivity contribution in [1.29, 1.82) is 0 Å². The molecule has 1 aromatic rings. The quantitative estimate of drug-likeness (QED) is 0.175. The van der Waals surface area contributed by atoms with E-state index in [4.69, 9.17) is 4.74 Å². The van der Waals surface area contributed by atoms with E-state index in [1.54, 1.807) is 6.07 Å². The van der Waals surface area contributed by atoms with Gasteiger partial charge in [0.25, 0.3) is 0 Å². The van der Waals surface area contributed by atoms with E-state index in [0.29, 0.717) is 17.5 Å². The Labute approximate surface area is 195 Å². The number of thioether (sulfide) groups is 1. The summed E-state index contributed by atoms with van der Waals surface area (Å²) in [6.07, 6.45) is 3.49. The maximum atomic E-state index is 13.7. The molecule has 164 valence electrons. The fourth-order valence-corrected chi connectivity index (χ4v) is 4.52. The van der Waals surface area contributed by atoms with Gasteiger partial charge in [0.2, 0.25) is 0 Å². The van der Waals surface area contributed by atoms with Crippen molar-refractivity contribution < 1.29 is 9.13 Å². The molecule has 5 nitrogen and oxygen atoms in total. The van der Waals surface area contributed by atoms with Gasteiger partial charge in [-0.2, -0.15) is 0 Å². The van der Waals surface area contributed by atoms with Gasteiger partial charge in [-0.25, -0.2) is 4.39 Å². The molecule has 2 heterocycles. The normalized spacial score (nSPS) is 21.0. The van der Waals surface area contributed by atoms with Crippen LogP contribution >= 0.6 is 35.7 Å². The molecular weight excluding hydrogens is 502 g/mol. The van der Waals surface area contributed by atoms with Gasteiger partial charge in [0.05, 0.1) is 13.2 Å². The van der Waals surface area contributed by atoms with E-state index in [2.05, 4.69) is 27.4 Å². The number of ether oxygens (including phenoxy) is 1. The number of nitrogens with one attached hydrogen (secondary N) is 2. The summed E-state index contributed by atoms with van der Waals surface area (Å²) in [6, 6.07) is 7.37. The summed E-state index contributed by atoms with van der Waals surface area (Å²) < 4.78 is 19.2. The zero-order valence-electron chi connectivity index (χ0n) is 17.2. The molecule has 2 fully saturated rings. The maximum absolute atomic E-state index is 13.7. The first-order chi connectivity index (χ1) is 13.7. The lowest BCUT2D eigenvalue weighted by Crippen LogP contribution is -2.49. The Morgan fingerprint density at radius 3 is 2.76 bits per heavy atom. The van der Waals surface area contributed by atoms with Gasteiger partial charge >= 0.3 is 0 Å². The number of hydrogen-bond acceptors (Lipinski definition) is 4. The van der Waals surface area contributed by atoms with Gasteiger partial charge in [0.15, 0.2) is 5.96 Å². The van der Waals surface area contributed by atoms with E-state index in [0.717, 1.165) is 63.3 Å². The molecule has 0 radical (unpaired) electrons. The van der Waals surface area contributed by atoms with Crippen LogP contribution in [0.1, 0.15) is 26.2 Å². The third kappa shape index (κ3) is 8.59. The highest BCUT2D eigenvalue weighted by molar-refractivity contribution is 14.0. The first-order valence-corrected chi connectivity index (χ1v) is 11.5. The molecule has 0 saturated carbocycles. The Kier molecular flexibility index (Phi) is 11.6. The van der Waals surface area contributed by atoms with E-state index < -0.39 is 0 Å². The van der Waals surface area contributed by atoms with Crippen molar-refractivity contribution >= 4 is 41.7 Å². The molecule has 0 bridgehead atoms. The van der Waals surface area contributed by atoms with E-state index in [1.165, 1.54) is 30.8 Å². The Morgan fingerprint density at radius 1 is 1.28 bits per heavy atom. The summed E-state index contributed by atoms with van der Waals surface area (Å²) >= 11 is 1.51. The van der Waals surface area contributed by atoms with Crippen LogP contribution in [-0.2, 0) is 4.74 Å². The van der Waals surface area contributed by atoms with Gasteiger partial charge in [-0.05, 0) is 44.2 Å². The van der Waals surface area contributed by atoms with Crippen LogP contribution in [0.25, 0.3) is 0 Å². The van der Waals surface area contributed by atoms with Crippen LogP contribution in [0, 0.1) is 11.7 Å². The minimum Gasteiger partial charge on any atom is -0.381 e. The number of nitrogens with zero attached hydrogens (tertiary/aromatic N) is 2. The molecule has 0 spiro atoms. The summed E-state index contributed by atoms with van der Waals surface area (Å²) in [6.45, 7) is 8.89. The molecule has 2 aliphatic heterocycles. The molecule has 0 aromatic heterocycles. The van der Waals surface area contributed by atoms with Crippen LogP contribution in [0.3, 0.4) is 0 Å². The topological polar surface area (TPSA) is 48.9 Å². The van der Waals surface area contributed by atoms with Crippen molar-refractivity contribution in [2.45, 2.75) is 37.1 Å². The SMILES string of the molecule is CCNC(=NCCSc1ccccc1F)NC1CCN(CC2CCOC2)CC1.I. The predicted octanol–water partition coefficient (Wildman–Crippen LogP) is 3.59. The summed E-state index contributed by atoms with van der Waals surface area (Å²) in [5, 5.41) is 6.92. The van der Waals surface area contributed by atoms with Crippen LogP contribution in [0.2, 0.25) is 0 Å². The second-order valence-electron chi connectivity index (χ2n) is 7.49. The molecule has 2 saturated heterocycles. The standard InChI is InChI=1S/C21H33FN4OS.HI/c1-2-23-21(24-10-14-28-20-6-4-3-5-19(20)22)25-18-7-11-26(12-8-18)15-17-9-13-27-16-17;/h3-6,17-18H,2,7-16H2,1H3,(H2,23,24,25);1H. The van der Waals surface area contributed by atoms with E-state index >= 15 is 0 Å². The minimum absolute atomic E-state index is 0. The zero-order valence-corrected chi connectivity index (χ0v) is 20.4. The molecule has 0 amide bonds. The van der Waals surface area contributed by atoms with Crippen molar-refractivity contribution in [2.24, 2.45) is 10.9 Å². The molecule has 8 heteroatoms. The number of aliphatic imine (C=N–C) groups is 1. The monoisotopic (exact) mass is 536 g/mol. The van der Waals surface area contributed by atoms with Gasteiger partial charge < -0.3 is 20.3 Å². The van der Waals surface area contributed by atoms with Crippen LogP contribution in [0.4, 0.5) is 4.39 Å². The van der Waals surface area contributed by atoms with Crippen molar-refractivity contribution in [1.82, 2.24) is 15.5 Å². The lowest BCUT2D eigenvalue weighted by Gasteiger charge is -2.34. The van der Waals surface area contributed by atoms with E-state index in [1.807, 2.05) is 12.1 Å². The Morgan fingerprint density at radius 2 is 2.07 bits per heavy atom. The summed E-state index contributed by atoms with van der Waals surface area (Å²) in [5.41, 5.74) is 0. The number of likely N-dealkylation sites (tertiary alicyclic amines) is 1. The van der Waals surface area contributed by atoms with Gasteiger partial charge in [-0.15, -0.1) is 35.7 Å². The summed E-state index contributed by atoms with van der Waals surface area (Å²) in [5.74, 6) is 2.20. The van der Waals surface area contributed by atoms with Crippen molar-refractivity contribution in [3.63, 3.8) is 0 Å². The molecule has 1 aromatic carbocycles. The Bertz CT molecular complexity index is 622. The average Bonchev–Trinajstić information content (AvgIpc) is 3.21. The molecule has 1 unspecified atom stereocenters. The number of guanidine groups is 1. The lowest BCUT2D eigenvalue weighted by molar-refractivity contribution is 0.150. The van der Waals surface area contributed by atoms with Crippen LogP contribution in [-0.4, -0.2) is 68.6 Å². The maximum Gasteiger partial charge on any atom is 0.191 e. The first-order valence-electron chi connectivity index (χ1n) is 10.5. The molecule has 2 N–H and O–H groups in total. The fourth-order valence-electron chi connectivity index (χ4n) is 3.74.